The van der Waals surface area contributed by atoms with Gasteiger partial charge in [0.05, 0.1) is 7.11 Å². The molecule has 0 saturated carbocycles. The number of carbonyl (C=O) groups excluding carboxylic acids is 1. The number of piperidine rings is 1. The Bertz CT molecular complexity index is 1040. The molecule has 0 atom stereocenters. The summed E-state index contributed by atoms with van der Waals surface area (Å²) < 4.78 is 6.35. The zero-order chi connectivity index (χ0) is 19.5. The molecule has 9 heteroatoms. The van der Waals surface area contributed by atoms with E-state index in [1.807, 2.05) is 24.3 Å². The van der Waals surface area contributed by atoms with Crippen LogP contribution in [0.3, 0.4) is 0 Å². The molecule has 2 aromatic heterocycles. The van der Waals surface area contributed by atoms with Crippen molar-refractivity contribution in [2.45, 2.75) is 25.8 Å². The molecule has 4 rings (SSSR count). The molecule has 0 unspecified atom stereocenters. The second-order valence-corrected chi connectivity index (χ2v) is 7.57. The Morgan fingerprint density at radius 2 is 1.96 bits per heavy atom. The smallest absolute Gasteiger partial charge is 0.288 e. The van der Waals surface area contributed by atoms with Crippen molar-refractivity contribution < 1.29 is 9.53 Å². The fraction of sp³-hybridized carbons (Fsp3) is 0.368. The number of methoxy groups -OCH3 is 1. The molecule has 0 spiro atoms. The molecule has 3 aromatic rings. The fourth-order valence-electron chi connectivity index (χ4n) is 3.17. The Balaban J connectivity index is 1.51. The highest BCUT2D eigenvalue weighted by molar-refractivity contribution is 7.20. The van der Waals surface area contributed by atoms with Gasteiger partial charge in [-0.3, -0.25) is 9.59 Å². The van der Waals surface area contributed by atoms with Crippen LogP contribution in [0.1, 0.15) is 35.2 Å². The van der Waals surface area contributed by atoms with Gasteiger partial charge in [0, 0.05) is 25.8 Å². The van der Waals surface area contributed by atoms with Gasteiger partial charge in [-0.25, -0.2) is 4.98 Å². The second-order valence-electron chi connectivity index (χ2n) is 6.63. The Morgan fingerprint density at radius 1 is 1.21 bits per heavy atom. The van der Waals surface area contributed by atoms with Crippen molar-refractivity contribution in [3.05, 3.63) is 51.9 Å². The minimum atomic E-state index is -0.463. The Hall–Kier alpha value is -2.94. The first-order valence-corrected chi connectivity index (χ1v) is 10.0. The van der Waals surface area contributed by atoms with E-state index < -0.39 is 11.5 Å². The number of rotatable bonds is 5. The molecule has 8 nitrogen and oxygen atoms in total. The lowest BCUT2D eigenvalue weighted by Crippen LogP contribution is -2.32. The van der Waals surface area contributed by atoms with Gasteiger partial charge in [-0.05, 0) is 37.0 Å². The Kier molecular flexibility index (Phi) is 5.25. The van der Waals surface area contributed by atoms with Crippen LogP contribution in [0, 0.1) is 0 Å². The van der Waals surface area contributed by atoms with Gasteiger partial charge in [-0.2, -0.15) is 4.52 Å². The quantitative estimate of drug-likeness (QED) is 0.707. The summed E-state index contributed by atoms with van der Waals surface area (Å²) in [5.41, 5.74) is 0.447. The second kappa shape index (κ2) is 7.97. The van der Waals surface area contributed by atoms with Gasteiger partial charge in [-0.1, -0.05) is 23.5 Å². The maximum atomic E-state index is 12.7. The number of anilines is 1. The highest BCUT2D eigenvalue weighted by atomic mass is 32.1. The Labute approximate surface area is 165 Å². The highest BCUT2D eigenvalue weighted by Gasteiger charge is 2.19. The van der Waals surface area contributed by atoms with Crippen molar-refractivity contribution >= 4 is 27.3 Å². The molecule has 1 aliphatic rings. The van der Waals surface area contributed by atoms with Crippen LogP contribution in [-0.2, 0) is 6.54 Å². The summed E-state index contributed by atoms with van der Waals surface area (Å²) in [4.78, 5) is 32.2. The van der Waals surface area contributed by atoms with E-state index in [0.717, 1.165) is 42.4 Å². The fourth-order valence-corrected chi connectivity index (χ4v) is 4.08. The van der Waals surface area contributed by atoms with Crippen LogP contribution >= 0.6 is 11.3 Å². The summed E-state index contributed by atoms with van der Waals surface area (Å²) >= 11 is 1.38. The first kappa shape index (κ1) is 18.4. The third kappa shape index (κ3) is 3.70. The lowest BCUT2D eigenvalue weighted by Gasteiger charge is -2.25. The zero-order valence-electron chi connectivity index (χ0n) is 15.6. The first-order valence-electron chi connectivity index (χ1n) is 9.20. The summed E-state index contributed by atoms with van der Waals surface area (Å²) in [6.07, 6.45) is 4.80. The largest absolute Gasteiger partial charge is 0.497 e. The monoisotopic (exact) mass is 399 g/mol. The minimum Gasteiger partial charge on any atom is -0.497 e. The number of aromatic nitrogens is 3. The normalized spacial score (nSPS) is 14.2. The van der Waals surface area contributed by atoms with E-state index in [-0.39, 0.29) is 5.56 Å². The van der Waals surface area contributed by atoms with Gasteiger partial charge in [0.25, 0.3) is 11.5 Å². The average molecular weight is 399 g/mol. The lowest BCUT2D eigenvalue weighted by molar-refractivity contribution is 0.0948. The van der Waals surface area contributed by atoms with Crippen LogP contribution in [0.2, 0.25) is 0 Å². The van der Waals surface area contributed by atoms with E-state index in [4.69, 9.17) is 4.74 Å². The molecule has 1 aliphatic heterocycles. The Morgan fingerprint density at radius 3 is 2.68 bits per heavy atom. The van der Waals surface area contributed by atoms with Crippen LogP contribution < -0.4 is 20.5 Å². The van der Waals surface area contributed by atoms with Gasteiger partial charge in [0.1, 0.15) is 11.3 Å². The molecule has 1 fully saturated rings. The molecule has 0 radical (unpaired) electrons. The van der Waals surface area contributed by atoms with E-state index in [1.54, 1.807) is 7.11 Å². The van der Waals surface area contributed by atoms with E-state index in [1.165, 1.54) is 28.5 Å². The summed E-state index contributed by atoms with van der Waals surface area (Å²) in [5.74, 6) is 0.284. The van der Waals surface area contributed by atoms with E-state index >= 15 is 0 Å². The molecule has 1 saturated heterocycles. The minimum absolute atomic E-state index is 0.0125. The number of amides is 1. The third-order valence-electron chi connectivity index (χ3n) is 4.76. The van der Waals surface area contributed by atoms with Crippen LogP contribution in [-0.4, -0.2) is 40.7 Å². The predicted molar refractivity (Wildman–Crippen MR) is 107 cm³/mol. The van der Waals surface area contributed by atoms with Crippen molar-refractivity contribution in [1.82, 2.24) is 19.9 Å². The van der Waals surface area contributed by atoms with Crippen LogP contribution in [0.4, 0.5) is 5.13 Å². The van der Waals surface area contributed by atoms with Crippen molar-refractivity contribution in [3.8, 4) is 5.75 Å². The van der Waals surface area contributed by atoms with Crippen molar-refractivity contribution in [3.63, 3.8) is 0 Å². The molecule has 1 amide bonds. The number of hydrogen-bond donors (Lipinski definition) is 1. The first-order chi connectivity index (χ1) is 13.7. The molecule has 1 N–H and O–H groups in total. The van der Waals surface area contributed by atoms with Crippen molar-refractivity contribution in [2.75, 3.05) is 25.1 Å². The predicted octanol–water partition coefficient (Wildman–Crippen LogP) is 2.08. The molecule has 1 aromatic carbocycles. The summed E-state index contributed by atoms with van der Waals surface area (Å²) in [7, 11) is 1.60. The molecule has 28 heavy (non-hydrogen) atoms. The number of nitrogens with zero attached hydrogens (tertiary/aromatic N) is 4. The van der Waals surface area contributed by atoms with E-state index in [9.17, 15) is 9.59 Å². The van der Waals surface area contributed by atoms with Gasteiger partial charge in [-0.15, -0.1) is 5.10 Å². The summed E-state index contributed by atoms with van der Waals surface area (Å²) in [5, 5.41) is 7.95. The number of nitrogens with one attached hydrogen (secondary N) is 1. The number of hydrogen-bond acceptors (Lipinski definition) is 7. The van der Waals surface area contributed by atoms with E-state index in [2.05, 4.69) is 20.3 Å². The SMILES string of the molecule is COc1ccc(CNC(=O)c2cnc3sc(N4CCCCC4)nn3c2=O)cc1. The van der Waals surface area contributed by atoms with Gasteiger partial charge < -0.3 is 15.0 Å². The molecule has 146 valence electrons. The standard InChI is InChI=1S/C19H21N5O3S/c1-27-14-7-5-13(6-8-14)11-20-16(25)15-12-21-18-24(17(15)26)22-19(28-18)23-9-3-2-4-10-23/h5-8,12H,2-4,9-11H2,1H3,(H,20,25). The van der Waals surface area contributed by atoms with Crippen molar-refractivity contribution in [2.24, 2.45) is 0 Å². The molecule has 0 bridgehead atoms. The summed E-state index contributed by atoms with van der Waals surface area (Å²) in [6.45, 7) is 2.18. The maximum absolute atomic E-state index is 12.7. The van der Waals surface area contributed by atoms with Crippen LogP contribution in [0.5, 0.6) is 5.75 Å². The van der Waals surface area contributed by atoms with Gasteiger partial charge in [0.2, 0.25) is 10.1 Å². The molecular formula is C19H21N5O3S. The highest BCUT2D eigenvalue weighted by Crippen LogP contribution is 2.24. The number of carbonyl (C=O) groups is 1. The topological polar surface area (TPSA) is 88.8 Å². The van der Waals surface area contributed by atoms with Crippen LogP contribution in [0.15, 0.2) is 35.3 Å². The number of benzene rings is 1. The maximum Gasteiger partial charge on any atom is 0.288 e. The zero-order valence-corrected chi connectivity index (χ0v) is 16.4. The van der Waals surface area contributed by atoms with Crippen LogP contribution in [0.25, 0.3) is 4.96 Å². The van der Waals surface area contributed by atoms with Gasteiger partial charge >= 0.3 is 0 Å². The summed E-state index contributed by atoms with van der Waals surface area (Å²) in [6, 6.07) is 7.36. The van der Waals surface area contributed by atoms with E-state index in [0.29, 0.717) is 11.5 Å². The molecule has 3 heterocycles. The molecule has 0 aliphatic carbocycles. The average Bonchev–Trinajstić information content (AvgIpc) is 3.19. The van der Waals surface area contributed by atoms with Gasteiger partial charge in [0.15, 0.2) is 0 Å². The lowest BCUT2D eigenvalue weighted by atomic mass is 10.1. The molecular weight excluding hydrogens is 378 g/mol. The number of fused-ring (bicyclic) bond motifs is 1. The van der Waals surface area contributed by atoms with Crippen molar-refractivity contribution in [1.29, 1.82) is 0 Å². The number of ether oxygens (including phenoxy) is 1. The third-order valence-corrected chi connectivity index (χ3v) is 5.74.